The summed E-state index contributed by atoms with van der Waals surface area (Å²) in [5, 5.41) is 2.46. The zero-order chi connectivity index (χ0) is 30.2. The number of nitrogens with zero attached hydrogens (tertiary/aromatic N) is 3. The fourth-order valence-electron chi connectivity index (χ4n) is 6.15. The Bertz CT molecular complexity index is 2130. The van der Waals surface area contributed by atoms with Gasteiger partial charge in [0.25, 0.3) is 0 Å². The van der Waals surface area contributed by atoms with Gasteiger partial charge in [-0.1, -0.05) is 140 Å². The van der Waals surface area contributed by atoms with Gasteiger partial charge in [0.15, 0.2) is 17.5 Å². The van der Waals surface area contributed by atoms with Crippen molar-refractivity contribution in [3.8, 4) is 56.4 Å². The van der Waals surface area contributed by atoms with Crippen molar-refractivity contribution in [2.45, 2.75) is 13.3 Å². The standard InChI is InChI=1S/C42H31N3/c1-28-12-13-35-26-37(20-18-33(35)24-28)39-23-22-36-25-34(19-21-38(36)27-39)29-14-16-32(17-15-29)42-44-40(30-8-4-2-5-9-30)43-41(45-42)31-10-6-3-7-11-31/h2-23,25-28H,24H2,1H3. The van der Waals surface area contributed by atoms with E-state index in [2.05, 4.69) is 97.9 Å². The molecule has 0 bridgehead atoms. The molecular weight excluding hydrogens is 546 g/mol. The van der Waals surface area contributed by atoms with E-state index in [0.29, 0.717) is 23.4 Å². The van der Waals surface area contributed by atoms with Crippen LogP contribution in [0.25, 0.3) is 73.3 Å². The SMILES string of the molecule is CC1C=Cc2cc(-c3ccc4cc(-c5ccc(-c6nc(-c7ccccc7)nc(-c7ccccc7)n6)cc5)ccc4c3)ccc2C1. The van der Waals surface area contributed by atoms with Crippen LogP contribution in [0.15, 0.2) is 146 Å². The van der Waals surface area contributed by atoms with Crippen molar-refractivity contribution in [1.29, 1.82) is 0 Å². The predicted molar refractivity (Wildman–Crippen MR) is 186 cm³/mol. The van der Waals surface area contributed by atoms with Gasteiger partial charge in [-0.25, -0.2) is 15.0 Å². The van der Waals surface area contributed by atoms with Crippen LogP contribution < -0.4 is 0 Å². The highest BCUT2D eigenvalue weighted by atomic mass is 15.0. The molecular formula is C42H31N3. The quantitative estimate of drug-likeness (QED) is 0.204. The second-order valence-electron chi connectivity index (χ2n) is 11.8. The highest BCUT2D eigenvalue weighted by Gasteiger charge is 2.13. The number of aromatic nitrogens is 3. The predicted octanol–water partition coefficient (Wildman–Crippen LogP) is 10.6. The molecule has 7 aromatic rings. The molecule has 0 N–H and O–H groups in total. The summed E-state index contributed by atoms with van der Waals surface area (Å²) in [5.41, 5.74) is 10.5. The molecule has 0 saturated heterocycles. The molecule has 0 amide bonds. The lowest BCUT2D eigenvalue weighted by atomic mass is 9.88. The van der Waals surface area contributed by atoms with Crippen molar-refractivity contribution in [1.82, 2.24) is 15.0 Å². The van der Waals surface area contributed by atoms with Crippen molar-refractivity contribution in [2.24, 2.45) is 5.92 Å². The van der Waals surface area contributed by atoms with Crippen molar-refractivity contribution in [2.75, 3.05) is 0 Å². The molecule has 3 nitrogen and oxygen atoms in total. The Kier molecular flexibility index (Phi) is 6.84. The summed E-state index contributed by atoms with van der Waals surface area (Å²) in [7, 11) is 0. The smallest absolute Gasteiger partial charge is 0.164 e. The molecule has 3 heteroatoms. The first kappa shape index (κ1) is 26.9. The third-order valence-corrected chi connectivity index (χ3v) is 8.64. The van der Waals surface area contributed by atoms with E-state index in [9.17, 15) is 0 Å². The minimum atomic E-state index is 0.610. The molecule has 6 aromatic carbocycles. The van der Waals surface area contributed by atoms with Gasteiger partial charge in [-0.15, -0.1) is 0 Å². The monoisotopic (exact) mass is 577 g/mol. The molecule has 1 aromatic heterocycles. The molecule has 0 aliphatic heterocycles. The van der Waals surface area contributed by atoms with Crippen LogP contribution >= 0.6 is 0 Å². The maximum absolute atomic E-state index is 4.88. The van der Waals surface area contributed by atoms with Gasteiger partial charge in [0.05, 0.1) is 0 Å². The van der Waals surface area contributed by atoms with Crippen LogP contribution in [0.5, 0.6) is 0 Å². The lowest BCUT2D eigenvalue weighted by Gasteiger charge is -2.17. The molecule has 1 aliphatic rings. The van der Waals surface area contributed by atoms with E-state index in [4.69, 9.17) is 15.0 Å². The fourth-order valence-corrected chi connectivity index (χ4v) is 6.15. The van der Waals surface area contributed by atoms with E-state index < -0.39 is 0 Å². The van der Waals surface area contributed by atoms with Crippen LogP contribution in [0.4, 0.5) is 0 Å². The van der Waals surface area contributed by atoms with Gasteiger partial charge >= 0.3 is 0 Å². The van der Waals surface area contributed by atoms with E-state index in [1.165, 1.54) is 38.6 Å². The summed E-state index contributed by atoms with van der Waals surface area (Å²) >= 11 is 0. The molecule has 1 unspecified atom stereocenters. The summed E-state index contributed by atoms with van der Waals surface area (Å²) in [6.45, 7) is 2.28. The summed E-state index contributed by atoms with van der Waals surface area (Å²) in [6.07, 6.45) is 5.71. The first-order valence-electron chi connectivity index (χ1n) is 15.5. The molecule has 0 saturated carbocycles. The van der Waals surface area contributed by atoms with Crippen LogP contribution in [0.1, 0.15) is 18.1 Å². The van der Waals surface area contributed by atoms with E-state index >= 15 is 0 Å². The third-order valence-electron chi connectivity index (χ3n) is 8.64. The van der Waals surface area contributed by atoms with Gasteiger partial charge in [-0.3, -0.25) is 0 Å². The number of fused-ring (bicyclic) bond motifs is 2. The minimum Gasteiger partial charge on any atom is -0.208 e. The maximum atomic E-state index is 4.88. The summed E-state index contributed by atoms with van der Waals surface area (Å²) < 4.78 is 0. The minimum absolute atomic E-state index is 0.610. The van der Waals surface area contributed by atoms with E-state index in [1.54, 1.807) is 0 Å². The van der Waals surface area contributed by atoms with Gasteiger partial charge in [-0.05, 0) is 74.7 Å². The highest BCUT2D eigenvalue weighted by molar-refractivity contribution is 5.91. The van der Waals surface area contributed by atoms with Crippen LogP contribution in [0.2, 0.25) is 0 Å². The van der Waals surface area contributed by atoms with Gasteiger partial charge in [-0.2, -0.15) is 0 Å². The number of hydrogen-bond donors (Lipinski definition) is 0. The van der Waals surface area contributed by atoms with Crippen LogP contribution in [0, 0.1) is 5.92 Å². The zero-order valence-corrected chi connectivity index (χ0v) is 25.1. The van der Waals surface area contributed by atoms with Crippen LogP contribution in [-0.2, 0) is 6.42 Å². The average molecular weight is 578 g/mol. The number of allylic oxidation sites excluding steroid dienone is 1. The van der Waals surface area contributed by atoms with Crippen molar-refractivity contribution >= 4 is 16.8 Å². The molecule has 1 atom stereocenters. The molecule has 8 rings (SSSR count). The highest BCUT2D eigenvalue weighted by Crippen LogP contribution is 2.32. The van der Waals surface area contributed by atoms with E-state index in [0.717, 1.165) is 28.7 Å². The van der Waals surface area contributed by atoms with E-state index in [1.807, 2.05) is 60.7 Å². The molecule has 1 aliphatic carbocycles. The molecule has 0 radical (unpaired) electrons. The number of hydrogen-bond acceptors (Lipinski definition) is 3. The summed E-state index contributed by atoms with van der Waals surface area (Å²) in [4.78, 5) is 14.6. The Labute approximate surface area is 263 Å². The first-order valence-corrected chi connectivity index (χ1v) is 15.5. The lowest BCUT2D eigenvalue weighted by Crippen LogP contribution is -2.03. The van der Waals surface area contributed by atoms with Crippen molar-refractivity contribution < 1.29 is 0 Å². The molecule has 1 heterocycles. The second kappa shape index (κ2) is 11.4. The number of rotatable bonds is 5. The Morgan fingerprint density at radius 2 is 0.889 bits per heavy atom. The Morgan fingerprint density at radius 1 is 0.444 bits per heavy atom. The third kappa shape index (κ3) is 5.45. The van der Waals surface area contributed by atoms with Gasteiger partial charge < -0.3 is 0 Å². The zero-order valence-electron chi connectivity index (χ0n) is 25.1. The number of benzene rings is 6. The summed E-state index contributed by atoms with van der Waals surface area (Å²) in [5.74, 6) is 2.60. The normalized spacial score (nSPS) is 13.9. The first-order chi connectivity index (χ1) is 22.2. The topological polar surface area (TPSA) is 38.7 Å². The van der Waals surface area contributed by atoms with Crippen molar-refractivity contribution in [3.63, 3.8) is 0 Å². The molecule has 214 valence electrons. The van der Waals surface area contributed by atoms with Gasteiger partial charge in [0, 0.05) is 16.7 Å². The van der Waals surface area contributed by atoms with Gasteiger partial charge in [0.1, 0.15) is 0 Å². The summed E-state index contributed by atoms with van der Waals surface area (Å²) in [6, 6.07) is 49.0. The molecule has 0 spiro atoms. The maximum Gasteiger partial charge on any atom is 0.164 e. The van der Waals surface area contributed by atoms with Crippen LogP contribution in [-0.4, -0.2) is 15.0 Å². The molecule has 45 heavy (non-hydrogen) atoms. The Morgan fingerprint density at radius 3 is 1.47 bits per heavy atom. The van der Waals surface area contributed by atoms with Gasteiger partial charge in [0.2, 0.25) is 0 Å². The second-order valence-corrected chi connectivity index (χ2v) is 11.8. The van der Waals surface area contributed by atoms with E-state index in [-0.39, 0.29) is 0 Å². The lowest BCUT2D eigenvalue weighted by molar-refractivity contribution is 0.717. The Balaban J connectivity index is 1.10. The fraction of sp³-hybridized carbons (Fsp3) is 0.0714. The molecule has 0 fully saturated rings. The largest absolute Gasteiger partial charge is 0.208 e. The van der Waals surface area contributed by atoms with Crippen LogP contribution in [0.3, 0.4) is 0 Å². The van der Waals surface area contributed by atoms with Crippen molar-refractivity contribution in [3.05, 3.63) is 157 Å². The average Bonchev–Trinajstić information content (AvgIpc) is 3.11. The Hall–Kier alpha value is -5.67.